The lowest BCUT2D eigenvalue weighted by atomic mass is 9.81. The SMILES string of the molecule is NC(CCCCB(O)O)C1CC2CCC(C1)N2. The van der Waals surface area contributed by atoms with Crippen LogP contribution < -0.4 is 11.1 Å². The van der Waals surface area contributed by atoms with Crippen LogP contribution in [0.1, 0.15) is 44.9 Å². The van der Waals surface area contributed by atoms with Crippen molar-refractivity contribution in [2.75, 3.05) is 0 Å². The minimum absolute atomic E-state index is 0.302. The maximum atomic E-state index is 8.76. The minimum Gasteiger partial charge on any atom is -0.427 e. The zero-order valence-electron chi connectivity index (χ0n) is 10.5. The van der Waals surface area contributed by atoms with E-state index >= 15 is 0 Å². The highest BCUT2D eigenvalue weighted by molar-refractivity contribution is 6.40. The van der Waals surface area contributed by atoms with E-state index in [0.717, 1.165) is 19.3 Å². The molecular weight excluding hydrogens is 215 g/mol. The van der Waals surface area contributed by atoms with Gasteiger partial charge in [-0.25, -0.2) is 0 Å². The third kappa shape index (κ3) is 3.95. The Kier molecular flexibility index (Phi) is 4.85. The van der Waals surface area contributed by atoms with Crippen molar-refractivity contribution in [1.29, 1.82) is 0 Å². The van der Waals surface area contributed by atoms with Crippen molar-refractivity contribution in [1.82, 2.24) is 5.32 Å². The zero-order valence-corrected chi connectivity index (χ0v) is 10.5. The summed E-state index contributed by atoms with van der Waals surface area (Å²) < 4.78 is 0. The Labute approximate surface area is 104 Å². The van der Waals surface area contributed by atoms with Crippen molar-refractivity contribution < 1.29 is 10.0 Å². The molecule has 4 nitrogen and oxygen atoms in total. The number of piperidine rings is 1. The van der Waals surface area contributed by atoms with Gasteiger partial charge in [0.2, 0.25) is 0 Å². The summed E-state index contributed by atoms with van der Waals surface area (Å²) in [4.78, 5) is 0. The summed E-state index contributed by atoms with van der Waals surface area (Å²) in [6, 6.07) is 1.73. The zero-order chi connectivity index (χ0) is 12.3. The van der Waals surface area contributed by atoms with Gasteiger partial charge in [0, 0.05) is 18.1 Å². The van der Waals surface area contributed by atoms with Crippen LogP contribution in [0.15, 0.2) is 0 Å². The van der Waals surface area contributed by atoms with Crippen LogP contribution in [0.2, 0.25) is 6.32 Å². The molecule has 2 aliphatic rings. The van der Waals surface area contributed by atoms with Gasteiger partial charge in [0.25, 0.3) is 0 Å². The number of unbranched alkanes of at least 4 members (excludes halogenated alkanes) is 1. The van der Waals surface area contributed by atoms with Crippen molar-refractivity contribution in [3.05, 3.63) is 0 Å². The highest BCUT2D eigenvalue weighted by Gasteiger charge is 2.35. The number of nitrogens with two attached hydrogens (primary N) is 1. The van der Waals surface area contributed by atoms with Crippen LogP contribution in [0.25, 0.3) is 0 Å². The Balaban J connectivity index is 1.64. The number of hydrogen-bond acceptors (Lipinski definition) is 4. The highest BCUT2D eigenvalue weighted by atomic mass is 16.4. The first-order valence-electron chi connectivity index (χ1n) is 7.03. The maximum Gasteiger partial charge on any atom is 0.451 e. The lowest BCUT2D eigenvalue weighted by Crippen LogP contribution is -2.44. The Morgan fingerprint density at radius 1 is 1.18 bits per heavy atom. The van der Waals surface area contributed by atoms with Crippen LogP contribution in [0.4, 0.5) is 0 Å². The van der Waals surface area contributed by atoms with E-state index in [1.807, 2.05) is 0 Å². The summed E-state index contributed by atoms with van der Waals surface area (Å²) in [5, 5.41) is 21.2. The second-order valence-corrected chi connectivity index (χ2v) is 5.80. The van der Waals surface area contributed by atoms with Gasteiger partial charge in [0.15, 0.2) is 0 Å². The quantitative estimate of drug-likeness (QED) is 0.402. The van der Waals surface area contributed by atoms with Gasteiger partial charge in [0.05, 0.1) is 0 Å². The second kappa shape index (κ2) is 6.18. The normalized spacial score (nSPS) is 33.7. The summed E-state index contributed by atoms with van der Waals surface area (Å²) in [5.74, 6) is 0.674. The van der Waals surface area contributed by atoms with E-state index in [9.17, 15) is 0 Å². The molecule has 2 aliphatic heterocycles. The molecule has 5 heteroatoms. The van der Waals surface area contributed by atoms with Crippen LogP contribution in [-0.4, -0.2) is 35.3 Å². The van der Waals surface area contributed by atoms with Crippen molar-refractivity contribution >= 4 is 7.12 Å². The summed E-state index contributed by atoms with van der Waals surface area (Å²) in [6.45, 7) is 0. The van der Waals surface area contributed by atoms with Crippen molar-refractivity contribution in [2.24, 2.45) is 11.7 Å². The summed E-state index contributed by atoms with van der Waals surface area (Å²) in [7, 11) is -1.15. The molecule has 3 unspecified atom stereocenters. The third-order valence-corrected chi connectivity index (χ3v) is 4.36. The molecule has 17 heavy (non-hydrogen) atoms. The molecule has 0 aromatic carbocycles. The van der Waals surface area contributed by atoms with Crippen LogP contribution in [0.5, 0.6) is 0 Å². The largest absolute Gasteiger partial charge is 0.451 e. The van der Waals surface area contributed by atoms with Gasteiger partial charge in [-0.2, -0.15) is 0 Å². The molecule has 3 atom stereocenters. The molecule has 0 saturated carbocycles. The molecule has 0 aromatic heterocycles. The van der Waals surface area contributed by atoms with E-state index in [1.54, 1.807) is 0 Å². The van der Waals surface area contributed by atoms with E-state index in [4.69, 9.17) is 15.8 Å². The average Bonchev–Trinajstić information content (AvgIpc) is 2.63. The molecule has 5 N–H and O–H groups in total. The summed E-state index contributed by atoms with van der Waals surface area (Å²) >= 11 is 0. The Hall–Kier alpha value is -0.0951. The van der Waals surface area contributed by atoms with Crippen LogP contribution in [0, 0.1) is 5.92 Å². The standard InChI is InChI=1S/C12H25BN2O2/c14-12(3-1-2-6-13(16)17)9-7-10-4-5-11(8-9)15-10/h9-12,15-17H,1-8,14H2. The highest BCUT2D eigenvalue weighted by Crippen LogP contribution is 2.33. The fraction of sp³-hybridized carbons (Fsp3) is 1.00. The Bertz CT molecular complexity index is 229. The Morgan fingerprint density at radius 3 is 2.41 bits per heavy atom. The fourth-order valence-corrected chi connectivity index (χ4v) is 3.39. The lowest BCUT2D eigenvalue weighted by Gasteiger charge is -2.33. The number of fused-ring (bicyclic) bond motifs is 2. The molecule has 2 saturated heterocycles. The predicted molar refractivity (Wildman–Crippen MR) is 69.5 cm³/mol. The van der Waals surface area contributed by atoms with Crippen molar-refractivity contribution in [3.63, 3.8) is 0 Å². The predicted octanol–water partition coefficient (Wildman–Crippen LogP) is 0.487. The smallest absolute Gasteiger partial charge is 0.427 e. The molecule has 0 radical (unpaired) electrons. The van der Waals surface area contributed by atoms with E-state index in [2.05, 4.69) is 5.32 Å². The number of hydrogen-bond donors (Lipinski definition) is 4. The Morgan fingerprint density at radius 2 is 1.82 bits per heavy atom. The van der Waals surface area contributed by atoms with Crippen molar-refractivity contribution in [2.45, 2.75) is 69.4 Å². The maximum absolute atomic E-state index is 8.76. The molecule has 98 valence electrons. The van der Waals surface area contributed by atoms with E-state index in [0.29, 0.717) is 30.4 Å². The molecule has 2 rings (SSSR count). The van der Waals surface area contributed by atoms with E-state index < -0.39 is 7.12 Å². The van der Waals surface area contributed by atoms with Gasteiger partial charge in [-0.05, 0) is 44.3 Å². The van der Waals surface area contributed by atoms with E-state index in [-0.39, 0.29) is 0 Å². The number of rotatable bonds is 6. The molecule has 0 amide bonds. The van der Waals surface area contributed by atoms with E-state index in [1.165, 1.54) is 25.7 Å². The molecule has 0 spiro atoms. The van der Waals surface area contributed by atoms with Crippen LogP contribution >= 0.6 is 0 Å². The molecule has 0 aromatic rings. The van der Waals surface area contributed by atoms with Gasteiger partial charge in [-0.1, -0.05) is 12.8 Å². The molecule has 2 bridgehead atoms. The molecular formula is C12H25BN2O2. The first-order chi connectivity index (χ1) is 8.15. The summed E-state index contributed by atoms with van der Waals surface area (Å²) in [6.07, 6.45) is 8.50. The topological polar surface area (TPSA) is 78.5 Å². The van der Waals surface area contributed by atoms with Gasteiger partial charge < -0.3 is 21.1 Å². The minimum atomic E-state index is -1.15. The second-order valence-electron chi connectivity index (χ2n) is 5.80. The van der Waals surface area contributed by atoms with Gasteiger partial charge in [-0.15, -0.1) is 0 Å². The molecule has 2 heterocycles. The molecule has 0 aliphatic carbocycles. The molecule has 2 fully saturated rings. The van der Waals surface area contributed by atoms with Gasteiger partial charge in [0.1, 0.15) is 0 Å². The average molecular weight is 240 g/mol. The fourth-order valence-electron chi connectivity index (χ4n) is 3.39. The van der Waals surface area contributed by atoms with Gasteiger partial charge >= 0.3 is 7.12 Å². The first-order valence-corrected chi connectivity index (χ1v) is 7.03. The van der Waals surface area contributed by atoms with Crippen LogP contribution in [0.3, 0.4) is 0 Å². The lowest BCUT2D eigenvalue weighted by molar-refractivity contribution is 0.251. The number of nitrogens with one attached hydrogen (secondary N) is 1. The van der Waals surface area contributed by atoms with Gasteiger partial charge in [-0.3, -0.25) is 0 Å². The first kappa shape index (κ1) is 13.3. The summed E-state index contributed by atoms with van der Waals surface area (Å²) in [5.41, 5.74) is 6.26. The van der Waals surface area contributed by atoms with Crippen LogP contribution in [-0.2, 0) is 0 Å². The van der Waals surface area contributed by atoms with Crippen molar-refractivity contribution in [3.8, 4) is 0 Å². The third-order valence-electron chi connectivity index (χ3n) is 4.36. The monoisotopic (exact) mass is 240 g/mol.